The van der Waals surface area contributed by atoms with Gasteiger partial charge in [0.2, 0.25) is 11.8 Å². The van der Waals surface area contributed by atoms with Crippen molar-refractivity contribution in [2.45, 2.75) is 50.7 Å². The summed E-state index contributed by atoms with van der Waals surface area (Å²) >= 11 is 12.2. The number of carbonyl (C=O) groups excluding carboxylic acids is 2. The van der Waals surface area contributed by atoms with E-state index in [1.807, 2.05) is 20.8 Å². The Bertz CT molecular complexity index is 1380. The highest BCUT2D eigenvalue weighted by Gasteiger charge is 2.33. The molecule has 1 N–H and O–H groups in total. The molecule has 0 bridgehead atoms. The molecule has 0 unspecified atom stereocenters. The van der Waals surface area contributed by atoms with Gasteiger partial charge in [0.05, 0.1) is 10.6 Å². The van der Waals surface area contributed by atoms with Gasteiger partial charge in [-0.2, -0.15) is 0 Å². The van der Waals surface area contributed by atoms with Crippen LogP contribution in [0, 0.1) is 0 Å². The van der Waals surface area contributed by atoms with Crippen LogP contribution in [0.2, 0.25) is 10.0 Å². The molecule has 1 atom stereocenters. The third-order valence-electron chi connectivity index (χ3n) is 5.64. The lowest BCUT2D eigenvalue weighted by Crippen LogP contribution is -2.54. The Morgan fingerprint density at radius 1 is 0.895 bits per heavy atom. The number of halogens is 2. The van der Waals surface area contributed by atoms with E-state index in [0.717, 1.165) is 9.87 Å². The number of nitrogens with one attached hydrogen (secondary N) is 1. The molecule has 3 aromatic carbocycles. The van der Waals surface area contributed by atoms with E-state index >= 15 is 0 Å². The standard InChI is InChI=1S/C28H31Cl2N3O4S/c1-20(27(35)31-28(2,3)4)32(18-21-13-15-22(29)16-14-21)26(34)19-33(24-10-8-9-23(30)17-24)38(36,37)25-11-6-5-7-12-25/h5-17,20H,18-19H2,1-4H3,(H,31,35)/t20-/m0/s1. The predicted octanol–water partition coefficient (Wildman–Crippen LogP) is 5.52. The number of amides is 2. The molecule has 0 spiro atoms. The second-order valence-corrected chi connectivity index (χ2v) is 12.6. The van der Waals surface area contributed by atoms with Gasteiger partial charge < -0.3 is 10.2 Å². The minimum atomic E-state index is -4.14. The topological polar surface area (TPSA) is 86.8 Å². The Kier molecular flexibility index (Phi) is 9.46. The minimum absolute atomic E-state index is 0.0237. The van der Waals surface area contributed by atoms with Gasteiger partial charge in [-0.25, -0.2) is 8.42 Å². The molecule has 0 radical (unpaired) electrons. The fourth-order valence-corrected chi connectivity index (χ4v) is 5.46. The lowest BCUT2D eigenvalue weighted by Gasteiger charge is -2.33. The molecular formula is C28H31Cl2N3O4S. The Hall–Kier alpha value is -3.07. The van der Waals surface area contributed by atoms with Crippen LogP contribution in [0.5, 0.6) is 0 Å². The van der Waals surface area contributed by atoms with E-state index in [1.165, 1.54) is 23.1 Å². The number of benzene rings is 3. The molecule has 10 heteroatoms. The fraction of sp³-hybridized carbons (Fsp3) is 0.286. The molecule has 7 nitrogen and oxygen atoms in total. The maximum Gasteiger partial charge on any atom is 0.264 e. The van der Waals surface area contributed by atoms with Crippen LogP contribution in [-0.4, -0.2) is 43.3 Å². The van der Waals surface area contributed by atoms with E-state index in [9.17, 15) is 18.0 Å². The number of anilines is 1. The average Bonchev–Trinajstić information content (AvgIpc) is 2.85. The normalized spacial score (nSPS) is 12.5. The van der Waals surface area contributed by atoms with Crippen molar-refractivity contribution >= 4 is 50.7 Å². The van der Waals surface area contributed by atoms with Gasteiger partial charge in [-0.3, -0.25) is 13.9 Å². The third-order valence-corrected chi connectivity index (χ3v) is 7.91. The van der Waals surface area contributed by atoms with Crippen molar-refractivity contribution in [1.29, 1.82) is 0 Å². The first-order chi connectivity index (χ1) is 17.8. The number of rotatable bonds is 9. The van der Waals surface area contributed by atoms with Gasteiger partial charge in [-0.05, 0) is 75.7 Å². The van der Waals surface area contributed by atoms with Crippen LogP contribution < -0.4 is 9.62 Å². The Balaban J connectivity index is 2.02. The van der Waals surface area contributed by atoms with E-state index in [-0.39, 0.29) is 23.0 Å². The Morgan fingerprint density at radius 2 is 1.53 bits per heavy atom. The van der Waals surface area contributed by atoms with E-state index in [0.29, 0.717) is 10.0 Å². The number of nitrogens with zero attached hydrogens (tertiary/aromatic N) is 2. The molecule has 0 aliphatic heterocycles. The quantitative estimate of drug-likeness (QED) is 0.364. The summed E-state index contributed by atoms with van der Waals surface area (Å²) in [5, 5.41) is 3.75. The fourth-order valence-electron chi connectivity index (χ4n) is 3.72. The average molecular weight is 577 g/mol. The smallest absolute Gasteiger partial charge is 0.264 e. The number of sulfonamides is 1. The lowest BCUT2D eigenvalue weighted by molar-refractivity contribution is -0.140. The Morgan fingerprint density at radius 3 is 2.11 bits per heavy atom. The van der Waals surface area contributed by atoms with E-state index < -0.39 is 34.1 Å². The zero-order valence-electron chi connectivity index (χ0n) is 21.7. The summed E-state index contributed by atoms with van der Waals surface area (Å²) in [4.78, 5) is 28.3. The van der Waals surface area contributed by atoms with Crippen molar-refractivity contribution in [3.63, 3.8) is 0 Å². The van der Waals surface area contributed by atoms with Gasteiger partial charge >= 0.3 is 0 Å². The maximum atomic E-state index is 13.9. The van der Waals surface area contributed by atoms with Crippen molar-refractivity contribution < 1.29 is 18.0 Å². The Labute approximate surface area is 234 Å². The van der Waals surface area contributed by atoms with Gasteiger partial charge in [-0.15, -0.1) is 0 Å². The van der Waals surface area contributed by atoms with Crippen LogP contribution in [0.25, 0.3) is 0 Å². The minimum Gasteiger partial charge on any atom is -0.350 e. The van der Waals surface area contributed by atoms with Crippen LogP contribution in [0.4, 0.5) is 5.69 Å². The first-order valence-electron chi connectivity index (χ1n) is 12.0. The predicted molar refractivity (Wildman–Crippen MR) is 152 cm³/mol. The van der Waals surface area contributed by atoms with Crippen LogP contribution >= 0.6 is 23.2 Å². The molecule has 202 valence electrons. The molecule has 0 saturated carbocycles. The first kappa shape index (κ1) is 29.5. The molecular weight excluding hydrogens is 545 g/mol. The first-order valence-corrected chi connectivity index (χ1v) is 14.2. The summed E-state index contributed by atoms with van der Waals surface area (Å²) in [5.74, 6) is -0.920. The van der Waals surface area contributed by atoms with Crippen LogP contribution in [0.1, 0.15) is 33.3 Å². The molecule has 3 aromatic rings. The largest absolute Gasteiger partial charge is 0.350 e. The van der Waals surface area contributed by atoms with Crippen molar-refractivity contribution in [3.8, 4) is 0 Å². The summed E-state index contributed by atoms with van der Waals surface area (Å²) < 4.78 is 28.4. The van der Waals surface area contributed by atoms with E-state index in [4.69, 9.17) is 23.2 Å². The second kappa shape index (κ2) is 12.2. The highest BCUT2D eigenvalue weighted by Crippen LogP contribution is 2.27. The molecule has 0 aliphatic carbocycles. The molecule has 0 aromatic heterocycles. The molecule has 0 aliphatic rings. The monoisotopic (exact) mass is 575 g/mol. The summed E-state index contributed by atoms with van der Waals surface area (Å²) in [5.41, 5.74) is 0.440. The lowest BCUT2D eigenvalue weighted by atomic mass is 10.1. The number of hydrogen-bond donors (Lipinski definition) is 1. The van der Waals surface area contributed by atoms with Gasteiger partial charge in [-0.1, -0.05) is 59.6 Å². The molecule has 0 heterocycles. The number of hydrogen-bond acceptors (Lipinski definition) is 4. The third kappa shape index (κ3) is 7.72. The molecule has 0 fully saturated rings. The van der Waals surface area contributed by atoms with E-state index in [2.05, 4.69) is 5.32 Å². The highest BCUT2D eigenvalue weighted by atomic mass is 35.5. The van der Waals surface area contributed by atoms with Gasteiger partial charge in [0, 0.05) is 22.1 Å². The SMILES string of the molecule is C[C@@H](C(=O)NC(C)(C)C)N(Cc1ccc(Cl)cc1)C(=O)CN(c1cccc(Cl)c1)S(=O)(=O)c1ccccc1. The van der Waals surface area contributed by atoms with Gasteiger partial charge in [0.1, 0.15) is 12.6 Å². The van der Waals surface area contributed by atoms with Crippen molar-refractivity contribution in [2.24, 2.45) is 0 Å². The molecule has 3 rings (SSSR count). The summed E-state index contributed by atoms with van der Waals surface area (Å²) in [6.07, 6.45) is 0. The van der Waals surface area contributed by atoms with Crippen LogP contribution in [0.15, 0.2) is 83.8 Å². The second-order valence-electron chi connectivity index (χ2n) is 9.87. The summed E-state index contributed by atoms with van der Waals surface area (Å²) in [7, 11) is -4.14. The van der Waals surface area contributed by atoms with Crippen molar-refractivity contribution in [2.75, 3.05) is 10.8 Å². The summed E-state index contributed by atoms with van der Waals surface area (Å²) in [6.45, 7) is 6.68. The summed E-state index contributed by atoms with van der Waals surface area (Å²) in [6, 6.07) is 20.1. The van der Waals surface area contributed by atoms with Crippen LogP contribution in [0.3, 0.4) is 0 Å². The zero-order valence-corrected chi connectivity index (χ0v) is 24.0. The van der Waals surface area contributed by atoms with E-state index in [1.54, 1.807) is 67.6 Å². The van der Waals surface area contributed by atoms with Gasteiger partial charge in [0.15, 0.2) is 0 Å². The van der Waals surface area contributed by atoms with Crippen LogP contribution in [-0.2, 0) is 26.2 Å². The van der Waals surface area contributed by atoms with Crippen molar-refractivity contribution in [1.82, 2.24) is 10.2 Å². The number of carbonyl (C=O) groups is 2. The maximum absolute atomic E-state index is 13.9. The zero-order chi connectivity index (χ0) is 28.1. The molecule has 2 amide bonds. The van der Waals surface area contributed by atoms with Crippen molar-refractivity contribution in [3.05, 3.63) is 94.5 Å². The van der Waals surface area contributed by atoms with Gasteiger partial charge in [0.25, 0.3) is 10.0 Å². The molecule has 38 heavy (non-hydrogen) atoms. The molecule has 0 saturated heterocycles. The highest BCUT2D eigenvalue weighted by molar-refractivity contribution is 7.92.